The maximum Gasteiger partial charge on any atom is 0.410 e. The molecule has 0 saturated carbocycles. The lowest BCUT2D eigenvalue weighted by atomic mass is 10.8. The number of aromatic amines is 1. The Kier molecular flexibility index (Phi) is 4.71. The monoisotopic (exact) mass is 218 g/mol. The highest BCUT2D eigenvalue weighted by Crippen LogP contribution is 1.97. The van der Waals surface area contributed by atoms with Crippen molar-refractivity contribution in [1.82, 2.24) is 20.8 Å². The van der Waals surface area contributed by atoms with Crippen LogP contribution in [0.15, 0.2) is 6.20 Å². The molecule has 82 valence electrons. The zero-order chi connectivity index (χ0) is 11.8. The van der Waals surface area contributed by atoms with Crippen LogP contribution in [0.4, 0.5) is 5.82 Å². The van der Waals surface area contributed by atoms with Gasteiger partial charge >= 0.3 is 5.82 Å². The summed E-state index contributed by atoms with van der Waals surface area (Å²) in [4.78, 5) is 18.4. The van der Waals surface area contributed by atoms with E-state index in [-0.39, 0.29) is 5.82 Å². The highest BCUT2D eigenvalue weighted by Gasteiger charge is 2.04. The summed E-state index contributed by atoms with van der Waals surface area (Å²) in [5, 5.41) is 32.9. The standard InChI is InChI=1S/C2H2N4O2.CH4N4O2/c7-6(8)2-1-3-5-4-2;2-1(3)4-5(6)7/h1H,(H,3,4,5);(H4,2,3,4). The lowest BCUT2D eigenvalue weighted by molar-refractivity contribution is -0.525. The fourth-order valence-corrected chi connectivity index (χ4v) is 0.382. The first kappa shape index (κ1) is 12.2. The maximum atomic E-state index is 9.75. The fraction of sp³-hybridized carbons (Fsp3) is 0. The molecule has 0 atom stereocenters. The van der Waals surface area contributed by atoms with Crippen LogP contribution in [0.1, 0.15) is 0 Å². The zero-order valence-corrected chi connectivity index (χ0v) is 7.08. The Balaban J connectivity index is 0.000000265. The highest BCUT2D eigenvalue weighted by molar-refractivity contribution is 5.72. The van der Waals surface area contributed by atoms with Gasteiger partial charge in [-0.2, -0.15) is 0 Å². The number of hydrogen-bond donors (Lipinski definition) is 4. The average Bonchev–Trinajstić information content (AvgIpc) is 2.52. The Hall–Kier alpha value is -2.79. The summed E-state index contributed by atoms with van der Waals surface area (Å²) in [6, 6.07) is 0. The molecule has 15 heavy (non-hydrogen) atoms. The Bertz CT molecular complexity index is 333. The van der Waals surface area contributed by atoms with E-state index >= 15 is 0 Å². The largest absolute Gasteiger partial charge is 0.410 e. The van der Waals surface area contributed by atoms with Crippen LogP contribution in [0.25, 0.3) is 0 Å². The van der Waals surface area contributed by atoms with Crippen LogP contribution in [0.3, 0.4) is 0 Å². The number of nitrogens with one attached hydrogen (secondary N) is 3. The SMILES string of the molecule is N=C(N)N[N+](=O)[O-].O=[N+]([O-])c1cn[nH]n1. The van der Waals surface area contributed by atoms with Crippen molar-refractivity contribution in [1.29, 1.82) is 5.41 Å². The summed E-state index contributed by atoms with van der Waals surface area (Å²) in [5.74, 6) is -0.921. The predicted octanol–water partition coefficient (Wildman–Crippen LogP) is -1.63. The molecule has 0 aliphatic heterocycles. The van der Waals surface area contributed by atoms with Gasteiger partial charge in [-0.25, -0.2) is 10.1 Å². The van der Waals surface area contributed by atoms with Gasteiger partial charge in [-0.15, -0.1) is 10.3 Å². The number of nitrogens with two attached hydrogens (primary N) is 1. The number of nitro groups is 2. The predicted molar refractivity (Wildman–Crippen MR) is 45.1 cm³/mol. The molecule has 0 radical (unpaired) electrons. The second-order valence-electron chi connectivity index (χ2n) is 1.87. The normalized spacial score (nSPS) is 8.27. The minimum Gasteiger partial charge on any atom is -0.366 e. The summed E-state index contributed by atoms with van der Waals surface area (Å²) in [5.41, 5.74) is 5.91. The Morgan fingerprint density at radius 3 is 2.33 bits per heavy atom. The van der Waals surface area contributed by atoms with Crippen molar-refractivity contribution in [3.63, 3.8) is 0 Å². The van der Waals surface area contributed by atoms with Gasteiger partial charge < -0.3 is 15.8 Å². The molecule has 0 unspecified atom stereocenters. The first-order valence-electron chi connectivity index (χ1n) is 3.18. The van der Waals surface area contributed by atoms with Gasteiger partial charge in [0.1, 0.15) is 0 Å². The molecule has 0 aromatic carbocycles. The molecule has 0 spiro atoms. The lowest BCUT2D eigenvalue weighted by Gasteiger charge is -1.86. The molecule has 0 bridgehead atoms. The van der Waals surface area contributed by atoms with E-state index in [4.69, 9.17) is 5.41 Å². The molecular formula is C3H6N8O4. The van der Waals surface area contributed by atoms with Crippen LogP contribution in [0, 0.1) is 25.6 Å². The van der Waals surface area contributed by atoms with Crippen LogP contribution in [0.5, 0.6) is 0 Å². The zero-order valence-electron chi connectivity index (χ0n) is 7.08. The van der Waals surface area contributed by atoms with Crippen LogP contribution >= 0.6 is 0 Å². The second kappa shape index (κ2) is 5.79. The van der Waals surface area contributed by atoms with E-state index < -0.39 is 15.9 Å². The first-order valence-corrected chi connectivity index (χ1v) is 3.18. The Labute approximate surface area is 81.2 Å². The summed E-state index contributed by atoms with van der Waals surface area (Å²) in [6.07, 6.45) is 1.04. The van der Waals surface area contributed by atoms with Crippen LogP contribution < -0.4 is 11.2 Å². The summed E-state index contributed by atoms with van der Waals surface area (Å²) in [6.45, 7) is 0. The van der Waals surface area contributed by atoms with Crippen molar-refractivity contribution in [3.05, 3.63) is 26.4 Å². The van der Waals surface area contributed by atoms with E-state index in [0.717, 1.165) is 6.20 Å². The van der Waals surface area contributed by atoms with E-state index in [1.54, 1.807) is 0 Å². The van der Waals surface area contributed by atoms with Gasteiger partial charge in [0.15, 0.2) is 11.2 Å². The lowest BCUT2D eigenvalue weighted by Crippen LogP contribution is -2.34. The van der Waals surface area contributed by atoms with Crippen molar-refractivity contribution in [3.8, 4) is 0 Å². The maximum absolute atomic E-state index is 9.75. The van der Waals surface area contributed by atoms with Crippen LogP contribution in [-0.4, -0.2) is 31.3 Å². The summed E-state index contributed by atoms with van der Waals surface area (Å²) >= 11 is 0. The van der Waals surface area contributed by atoms with Gasteiger partial charge in [0, 0.05) is 0 Å². The molecule has 1 rings (SSSR count). The highest BCUT2D eigenvalue weighted by atomic mass is 16.7. The number of H-pyrrole nitrogens is 1. The molecule has 0 amide bonds. The smallest absolute Gasteiger partial charge is 0.366 e. The van der Waals surface area contributed by atoms with Gasteiger partial charge in [0.2, 0.25) is 5.96 Å². The third kappa shape index (κ3) is 6.38. The quantitative estimate of drug-likeness (QED) is 0.197. The molecule has 12 heteroatoms. The molecule has 1 heterocycles. The molecule has 0 aliphatic rings. The second-order valence-corrected chi connectivity index (χ2v) is 1.87. The van der Waals surface area contributed by atoms with Crippen molar-refractivity contribution in [2.45, 2.75) is 0 Å². The Morgan fingerprint density at radius 1 is 1.60 bits per heavy atom. The fourth-order valence-electron chi connectivity index (χ4n) is 0.382. The molecule has 0 aliphatic carbocycles. The third-order valence-corrected chi connectivity index (χ3v) is 0.801. The van der Waals surface area contributed by atoms with Gasteiger partial charge in [0.05, 0.1) is 5.10 Å². The number of aromatic nitrogens is 3. The molecule has 12 nitrogen and oxygen atoms in total. The molecule has 0 fully saturated rings. The minimum atomic E-state index is -0.900. The average molecular weight is 218 g/mol. The van der Waals surface area contributed by atoms with Gasteiger partial charge in [-0.1, -0.05) is 5.43 Å². The number of hydrogen-bond acceptors (Lipinski definition) is 7. The molecule has 1 aromatic rings. The number of guanidine groups is 1. The number of hydrazine groups is 1. The van der Waals surface area contributed by atoms with Crippen molar-refractivity contribution in [2.75, 3.05) is 0 Å². The van der Waals surface area contributed by atoms with Crippen molar-refractivity contribution >= 4 is 11.8 Å². The van der Waals surface area contributed by atoms with Gasteiger partial charge in [-0.3, -0.25) is 5.41 Å². The molecule has 1 aromatic heterocycles. The summed E-state index contributed by atoms with van der Waals surface area (Å²) in [7, 11) is 0. The van der Waals surface area contributed by atoms with E-state index in [1.807, 2.05) is 0 Å². The van der Waals surface area contributed by atoms with Gasteiger partial charge in [0.25, 0.3) is 0 Å². The minimum absolute atomic E-state index is 0.259. The van der Waals surface area contributed by atoms with Crippen molar-refractivity contribution in [2.24, 2.45) is 5.73 Å². The summed E-state index contributed by atoms with van der Waals surface area (Å²) < 4.78 is 0. The molecule has 0 saturated heterocycles. The third-order valence-electron chi connectivity index (χ3n) is 0.801. The first-order chi connectivity index (χ1) is 6.93. The van der Waals surface area contributed by atoms with E-state index in [2.05, 4.69) is 21.1 Å². The van der Waals surface area contributed by atoms with Crippen LogP contribution in [-0.2, 0) is 0 Å². The Morgan fingerprint density at radius 2 is 2.20 bits per heavy atom. The van der Waals surface area contributed by atoms with Crippen LogP contribution in [0.2, 0.25) is 0 Å². The number of rotatable bonds is 2. The topological polar surface area (TPSA) is 190 Å². The van der Waals surface area contributed by atoms with Crippen molar-refractivity contribution < 1.29 is 9.96 Å². The number of nitrogens with zero attached hydrogens (tertiary/aromatic N) is 4. The van der Waals surface area contributed by atoms with E-state index in [1.165, 1.54) is 5.43 Å². The van der Waals surface area contributed by atoms with E-state index in [9.17, 15) is 20.2 Å². The van der Waals surface area contributed by atoms with Gasteiger partial charge in [-0.05, 0) is 4.92 Å². The molecule has 5 N–H and O–H groups in total. The van der Waals surface area contributed by atoms with E-state index in [0.29, 0.717) is 0 Å². The molecular weight excluding hydrogens is 212 g/mol.